The summed E-state index contributed by atoms with van der Waals surface area (Å²) in [6, 6.07) is 3.91. The van der Waals surface area contributed by atoms with Crippen LogP contribution >= 0.6 is 22.7 Å². The van der Waals surface area contributed by atoms with Gasteiger partial charge in [-0.25, -0.2) is 0 Å². The number of thiophene rings is 1. The third kappa shape index (κ3) is 2.44. The molecule has 1 N–H and O–H groups in total. The molecular weight excluding hydrogens is 296 g/mol. The molecule has 0 aliphatic carbocycles. The fourth-order valence-corrected chi connectivity index (χ4v) is 3.11. The summed E-state index contributed by atoms with van der Waals surface area (Å²) < 4.78 is 0. The Balaban J connectivity index is 1.70. The van der Waals surface area contributed by atoms with Gasteiger partial charge in [0.1, 0.15) is 10.7 Å². The maximum Gasteiger partial charge on any atom is 0.273 e. The molecule has 1 atom stereocenters. The Morgan fingerprint density at radius 1 is 1.50 bits per heavy atom. The van der Waals surface area contributed by atoms with Crippen molar-refractivity contribution in [2.75, 3.05) is 5.32 Å². The molecule has 3 rings (SSSR count). The van der Waals surface area contributed by atoms with Gasteiger partial charge >= 0.3 is 0 Å². The minimum atomic E-state index is -1.00. The van der Waals surface area contributed by atoms with E-state index in [2.05, 4.69) is 20.7 Å². The topological polar surface area (TPSA) is 76.5 Å². The van der Waals surface area contributed by atoms with Gasteiger partial charge in [-0.15, -0.1) is 21.5 Å². The maximum absolute atomic E-state index is 12.3. The van der Waals surface area contributed by atoms with Crippen LogP contribution in [0.3, 0.4) is 0 Å². The van der Waals surface area contributed by atoms with Crippen LogP contribution in [0.25, 0.3) is 0 Å². The van der Waals surface area contributed by atoms with E-state index in [0.29, 0.717) is 11.6 Å². The highest BCUT2D eigenvalue weighted by Crippen LogP contribution is 2.29. The van der Waals surface area contributed by atoms with Crippen molar-refractivity contribution in [2.24, 2.45) is 5.16 Å². The van der Waals surface area contributed by atoms with Crippen LogP contribution in [0, 0.1) is 6.92 Å². The average molecular weight is 308 g/mol. The number of nitrogens with zero attached hydrogens (tertiary/aromatic N) is 3. The zero-order valence-electron chi connectivity index (χ0n) is 10.9. The number of rotatable bonds is 3. The highest BCUT2D eigenvalue weighted by atomic mass is 32.1. The van der Waals surface area contributed by atoms with Gasteiger partial charge in [-0.3, -0.25) is 10.1 Å². The fraction of sp³-hybridized carbons (Fsp3) is 0.333. The fourth-order valence-electron chi connectivity index (χ4n) is 1.81. The molecule has 1 aliphatic rings. The number of carbonyl (C=O) groups is 1. The second-order valence-electron chi connectivity index (χ2n) is 4.59. The highest BCUT2D eigenvalue weighted by molar-refractivity contribution is 7.15. The van der Waals surface area contributed by atoms with Crippen molar-refractivity contribution in [1.29, 1.82) is 0 Å². The van der Waals surface area contributed by atoms with Crippen LogP contribution in [0.4, 0.5) is 5.13 Å². The molecule has 0 aromatic carbocycles. The molecule has 0 radical (unpaired) electrons. The molecule has 1 amide bonds. The molecular formula is C12H12N4O2S2. The first kappa shape index (κ1) is 13.2. The van der Waals surface area contributed by atoms with Crippen molar-refractivity contribution >= 4 is 39.4 Å². The molecule has 0 saturated carbocycles. The van der Waals surface area contributed by atoms with E-state index in [1.807, 2.05) is 24.4 Å². The summed E-state index contributed by atoms with van der Waals surface area (Å²) in [7, 11) is 0. The third-order valence-electron chi connectivity index (χ3n) is 2.89. The molecule has 1 aliphatic heterocycles. The van der Waals surface area contributed by atoms with Crippen molar-refractivity contribution in [3.8, 4) is 0 Å². The summed E-state index contributed by atoms with van der Waals surface area (Å²) in [5, 5.41) is 17.7. The predicted molar refractivity (Wildman–Crippen MR) is 78.2 cm³/mol. The van der Waals surface area contributed by atoms with Crippen LogP contribution in [-0.4, -0.2) is 27.4 Å². The van der Waals surface area contributed by atoms with E-state index in [9.17, 15) is 4.79 Å². The SMILES string of the molecule is Cc1nnc(NC(=O)[C@]2(C)CC(c3cccs3)=NO2)s1. The Morgan fingerprint density at radius 2 is 2.35 bits per heavy atom. The minimum Gasteiger partial charge on any atom is -0.379 e. The average Bonchev–Trinajstić information content (AvgIpc) is 3.10. The number of oxime groups is 1. The quantitative estimate of drug-likeness (QED) is 0.944. The van der Waals surface area contributed by atoms with Crippen LogP contribution in [0.1, 0.15) is 23.2 Å². The Morgan fingerprint density at radius 3 is 3.00 bits per heavy atom. The van der Waals surface area contributed by atoms with Gasteiger partial charge in [0.2, 0.25) is 10.7 Å². The van der Waals surface area contributed by atoms with Crippen LogP contribution in [0.2, 0.25) is 0 Å². The number of hydrogen-bond donors (Lipinski definition) is 1. The van der Waals surface area contributed by atoms with E-state index in [1.54, 1.807) is 18.3 Å². The molecule has 2 aromatic rings. The van der Waals surface area contributed by atoms with E-state index in [1.165, 1.54) is 11.3 Å². The molecule has 0 bridgehead atoms. The smallest absolute Gasteiger partial charge is 0.273 e. The van der Waals surface area contributed by atoms with Gasteiger partial charge < -0.3 is 4.84 Å². The standard InChI is InChI=1S/C12H12N4O2S2/c1-7-14-15-11(20-7)13-10(17)12(2)6-8(16-18-12)9-4-3-5-19-9/h3-5H,6H2,1-2H3,(H,13,15,17)/t12-/m0/s1. The van der Waals surface area contributed by atoms with E-state index in [0.717, 1.165) is 15.6 Å². The lowest BCUT2D eigenvalue weighted by Crippen LogP contribution is -2.40. The van der Waals surface area contributed by atoms with Gasteiger partial charge in [0, 0.05) is 6.42 Å². The number of amides is 1. The Labute approximate surface area is 123 Å². The van der Waals surface area contributed by atoms with E-state index in [4.69, 9.17) is 4.84 Å². The first-order valence-electron chi connectivity index (χ1n) is 5.97. The van der Waals surface area contributed by atoms with Crippen molar-refractivity contribution in [3.63, 3.8) is 0 Å². The number of anilines is 1. The molecule has 104 valence electrons. The molecule has 0 saturated heterocycles. The number of hydrogen-bond acceptors (Lipinski definition) is 7. The minimum absolute atomic E-state index is 0.260. The normalized spacial score (nSPS) is 21.4. The molecule has 3 heterocycles. The zero-order valence-corrected chi connectivity index (χ0v) is 12.5. The maximum atomic E-state index is 12.3. The van der Waals surface area contributed by atoms with Gasteiger partial charge in [-0.05, 0) is 25.3 Å². The van der Waals surface area contributed by atoms with Crippen molar-refractivity contribution in [2.45, 2.75) is 25.9 Å². The molecule has 20 heavy (non-hydrogen) atoms. The van der Waals surface area contributed by atoms with Gasteiger partial charge in [-0.2, -0.15) is 0 Å². The zero-order chi connectivity index (χ0) is 14.2. The molecule has 2 aromatic heterocycles. The van der Waals surface area contributed by atoms with Crippen LogP contribution in [0.5, 0.6) is 0 Å². The largest absolute Gasteiger partial charge is 0.379 e. The van der Waals surface area contributed by atoms with Crippen LogP contribution in [0.15, 0.2) is 22.7 Å². The van der Waals surface area contributed by atoms with Crippen molar-refractivity contribution in [1.82, 2.24) is 10.2 Å². The monoisotopic (exact) mass is 308 g/mol. The summed E-state index contributed by atoms with van der Waals surface area (Å²) in [6.45, 7) is 3.56. The Hall–Kier alpha value is -1.80. The lowest BCUT2D eigenvalue weighted by Gasteiger charge is -2.19. The molecule has 8 heteroatoms. The molecule has 6 nitrogen and oxygen atoms in total. The van der Waals surface area contributed by atoms with E-state index < -0.39 is 5.60 Å². The second-order valence-corrected chi connectivity index (χ2v) is 6.72. The summed E-state index contributed by atoms with van der Waals surface area (Å²) in [5.41, 5.74) is -0.204. The highest BCUT2D eigenvalue weighted by Gasteiger charge is 2.42. The lowest BCUT2D eigenvalue weighted by molar-refractivity contribution is -0.135. The van der Waals surface area contributed by atoms with Crippen LogP contribution in [-0.2, 0) is 9.63 Å². The Kier molecular flexibility index (Phi) is 3.27. The summed E-state index contributed by atoms with van der Waals surface area (Å²) >= 11 is 2.90. The third-order valence-corrected chi connectivity index (χ3v) is 4.57. The van der Waals surface area contributed by atoms with Gasteiger partial charge in [-0.1, -0.05) is 22.6 Å². The molecule has 0 unspecified atom stereocenters. The Bertz CT molecular complexity index is 665. The molecule has 0 spiro atoms. The summed E-state index contributed by atoms with van der Waals surface area (Å²) in [5.74, 6) is -0.260. The first-order valence-corrected chi connectivity index (χ1v) is 7.67. The summed E-state index contributed by atoms with van der Waals surface area (Å²) in [4.78, 5) is 18.7. The predicted octanol–water partition coefficient (Wildman–Crippen LogP) is 2.43. The molecule has 0 fully saturated rings. The second kappa shape index (κ2) is 4.95. The number of nitrogens with one attached hydrogen (secondary N) is 1. The van der Waals surface area contributed by atoms with E-state index in [-0.39, 0.29) is 5.91 Å². The van der Waals surface area contributed by atoms with Gasteiger partial charge in [0.05, 0.1) is 4.88 Å². The number of aromatic nitrogens is 2. The van der Waals surface area contributed by atoms with Crippen LogP contribution < -0.4 is 5.32 Å². The van der Waals surface area contributed by atoms with Gasteiger partial charge in [0.25, 0.3) is 5.91 Å². The van der Waals surface area contributed by atoms with Crippen molar-refractivity contribution in [3.05, 3.63) is 27.4 Å². The first-order chi connectivity index (χ1) is 9.57. The number of carbonyl (C=O) groups excluding carboxylic acids is 1. The van der Waals surface area contributed by atoms with Crippen molar-refractivity contribution < 1.29 is 9.63 Å². The number of aryl methyl sites for hydroxylation is 1. The lowest BCUT2D eigenvalue weighted by atomic mass is 9.98. The summed E-state index contributed by atoms with van der Waals surface area (Å²) in [6.07, 6.45) is 0.442. The van der Waals surface area contributed by atoms with E-state index >= 15 is 0 Å². The van der Waals surface area contributed by atoms with Gasteiger partial charge in [0.15, 0.2) is 0 Å².